The predicted molar refractivity (Wildman–Crippen MR) is 504 cm³/mol. The molecule has 11 aromatic carbocycles. The van der Waals surface area contributed by atoms with Crippen molar-refractivity contribution >= 4 is 210 Å². The zero-order valence-corrected chi connectivity index (χ0v) is 74.4. The zero-order valence-electron chi connectivity index (χ0n) is 70.4. The Morgan fingerprint density at radius 2 is 0.779 bits per heavy atom. The summed E-state index contributed by atoms with van der Waals surface area (Å²) < 4.78 is 4.86. The zero-order chi connectivity index (χ0) is 91.8. The third kappa shape index (κ3) is 16.3. The number of phenols is 1. The average molecular weight is 1840 g/mol. The van der Waals surface area contributed by atoms with Crippen LogP contribution in [0.3, 0.4) is 0 Å². The molecule has 0 saturated heterocycles. The summed E-state index contributed by atoms with van der Waals surface area (Å²) >= 11 is 6.85. The molecule has 0 aliphatic carbocycles. The van der Waals surface area contributed by atoms with Crippen molar-refractivity contribution in [3.8, 4) is 5.75 Å². The molecule has 5 aromatic heterocycles. The lowest BCUT2D eigenvalue weighted by Crippen LogP contribution is -2.47. The number of aromatic hydroxyl groups is 1. The van der Waals surface area contributed by atoms with E-state index in [1.807, 2.05) is 161 Å². The highest BCUT2D eigenvalue weighted by Gasteiger charge is 2.46. The van der Waals surface area contributed by atoms with Gasteiger partial charge < -0.3 is 20.6 Å². The number of aromatic nitrogens is 5. The molecule has 1 atom stereocenters. The minimum absolute atomic E-state index is 0.0182. The molecule has 650 valence electrons. The number of phenolic OH excluding ortho intramolecular Hbond substituents is 1. The van der Waals surface area contributed by atoms with Crippen molar-refractivity contribution in [2.45, 2.75) is 86.6 Å². The van der Waals surface area contributed by atoms with E-state index >= 15 is 0 Å². The van der Waals surface area contributed by atoms with Crippen LogP contribution in [0.2, 0.25) is 0 Å². The minimum atomic E-state index is -0.710. The third-order valence-electron chi connectivity index (χ3n) is 22.2. The summed E-state index contributed by atoms with van der Waals surface area (Å²) in [6.07, 6.45) is 4.09. The van der Waals surface area contributed by atoms with Crippen molar-refractivity contribution in [3.05, 3.63) is 339 Å². The van der Waals surface area contributed by atoms with Crippen molar-refractivity contribution in [2.24, 2.45) is 0 Å². The molecule has 0 fully saturated rings. The van der Waals surface area contributed by atoms with Gasteiger partial charge in [-0.3, -0.25) is 78.0 Å². The van der Waals surface area contributed by atoms with Crippen LogP contribution in [-0.2, 0) is 24.4 Å². The number of rotatable bonds is 10. The number of benzene rings is 11. The van der Waals surface area contributed by atoms with Gasteiger partial charge in [-0.1, -0.05) is 148 Å². The monoisotopic (exact) mass is 1830 g/mol. The highest BCUT2D eigenvalue weighted by atomic mass is 32.1. The Hall–Kier alpha value is -15.7. The Labute approximate surface area is 764 Å². The predicted octanol–water partition coefficient (Wildman–Crippen LogP) is 19.1. The van der Waals surface area contributed by atoms with Crippen molar-refractivity contribution in [1.82, 2.24) is 35.1 Å². The molecule has 3 N–H and O–H groups in total. The standard InChI is InChI=1S/C16H9N3O4S.C16H11N3O3S.C16H19N3O2.C16H10N2O3S.C16H10N2O2S.C16H12N2OS/c1-8-5-6-10-12(7-8)24-16(17-10)18-14(20)9-3-2-4-11(19(22)23)13(9)15(18)21;1-9-5-6-12-14(7-9)23-16(17-12)18-8-11-10(15(18)20)3-2-4-13(11)19(21)22;1-10(2)18-12-6-5-11-9-19(16(21)13(11)8-12)14-4-3-7-17-15(14)20;1-8-5-6-10-12(7-8)22-16(17-10)18-14(20)9-3-2-4-11(19)13(9)15(18)21;1-9-6-7-12-13(8-9)21-16(17-12)18-14(19)10-4-2-3-5-11(10)15(18)20;1-10-6-7-13-14(8-10)20-16(17-13)18-9-11-4-2-3-5-12(11)15(18)19/h2-7H,1H3;2-7H,8H2,1H3;3,5-8,10,14,18H,4,9H2,1-2H3,(H,17,20);2-7,19H,1H3;2-8H,1H3;2-8H,9H2,1H3. The van der Waals surface area contributed by atoms with Crippen LogP contribution in [-0.4, -0.2) is 116 Å². The fraction of sp³-hybridized carbons (Fsp3) is 0.135. The van der Waals surface area contributed by atoms with Gasteiger partial charge in [-0.2, -0.15) is 0 Å². The molecular weight excluding hydrogens is 1760 g/mol. The maximum absolute atomic E-state index is 12.6. The summed E-state index contributed by atoms with van der Waals surface area (Å²) in [6.45, 7) is 15.4. The molecule has 35 heteroatoms. The van der Waals surface area contributed by atoms with E-state index in [-0.39, 0.29) is 86.5 Å². The fourth-order valence-corrected chi connectivity index (χ4v) is 21.2. The lowest BCUT2D eigenvalue weighted by Gasteiger charge is -2.27. The molecule has 10 amide bonds. The van der Waals surface area contributed by atoms with E-state index in [4.69, 9.17) is 0 Å². The summed E-state index contributed by atoms with van der Waals surface area (Å²) in [5, 5.41) is 40.4. The van der Waals surface area contributed by atoms with Crippen molar-refractivity contribution in [1.29, 1.82) is 0 Å². The van der Waals surface area contributed by atoms with E-state index in [9.17, 15) is 73.3 Å². The Balaban J connectivity index is 0.000000106. The maximum Gasteiger partial charge on any atom is 0.283 e. The number of carbonyl (C=O) groups excluding carboxylic acids is 10. The number of thiazole rings is 5. The van der Waals surface area contributed by atoms with Crippen LogP contribution in [0.25, 0.3) is 51.1 Å². The van der Waals surface area contributed by atoms with Crippen LogP contribution in [0.1, 0.15) is 158 Å². The number of aryl methyl sites for hydroxylation is 5. The first-order chi connectivity index (χ1) is 63.0. The SMILES string of the molecule is CC(C)Nc1ccc2c(c1)C(=O)N(C1CC=CNC1=O)C2.Cc1ccc2nc(N3C(=O)c4cccc(O)c4C3=O)sc2c1.Cc1ccc2nc(N3C(=O)c4cccc([N+](=O)[O-])c4C3=O)sc2c1.Cc1ccc2nc(N3C(=O)c4ccccc4C3=O)sc2c1.Cc1ccc2nc(N3Cc4c(cccc4[N+](=O)[O-])C3=O)sc2c1.Cc1ccc2nc(N3Cc4ccccc4C3=O)sc2c1. The molecular formula is C96H71N15O15S5. The van der Waals surface area contributed by atoms with E-state index in [1.165, 1.54) is 97.1 Å². The van der Waals surface area contributed by atoms with Gasteiger partial charge in [0.2, 0.25) is 21.3 Å². The second kappa shape index (κ2) is 34.8. The van der Waals surface area contributed by atoms with Gasteiger partial charge in [0.05, 0.1) is 113 Å². The highest BCUT2D eigenvalue weighted by molar-refractivity contribution is 7.24. The normalized spacial score (nSPS) is 14.9. The van der Waals surface area contributed by atoms with E-state index in [1.54, 1.807) is 69.8 Å². The Morgan fingerprint density at radius 1 is 0.389 bits per heavy atom. The highest BCUT2D eigenvalue weighted by Crippen LogP contribution is 2.44. The van der Waals surface area contributed by atoms with E-state index in [2.05, 4.69) is 62.4 Å². The summed E-state index contributed by atoms with van der Waals surface area (Å²) in [5.41, 5.74) is 15.5. The van der Waals surface area contributed by atoms with Gasteiger partial charge in [-0.25, -0.2) is 39.6 Å². The van der Waals surface area contributed by atoms with Gasteiger partial charge in [0, 0.05) is 41.5 Å². The molecule has 0 saturated carbocycles. The summed E-state index contributed by atoms with van der Waals surface area (Å²) in [6, 6.07) is 62.8. The summed E-state index contributed by atoms with van der Waals surface area (Å²) in [4.78, 5) is 176. The first-order valence-electron chi connectivity index (χ1n) is 40.9. The molecule has 0 radical (unpaired) electrons. The van der Waals surface area contributed by atoms with Crippen LogP contribution >= 0.6 is 56.7 Å². The largest absolute Gasteiger partial charge is 0.507 e. The fourth-order valence-electron chi connectivity index (χ4n) is 15.9. The molecule has 23 rings (SSSR count). The number of hydrogen-bond acceptors (Lipinski definition) is 26. The molecule has 0 spiro atoms. The summed E-state index contributed by atoms with van der Waals surface area (Å²) in [5.74, 6) is -3.43. The van der Waals surface area contributed by atoms with Crippen molar-refractivity contribution < 1.29 is 62.9 Å². The van der Waals surface area contributed by atoms with Crippen LogP contribution < -0.4 is 35.1 Å². The number of imide groups is 3. The topological polar surface area (TPSA) is 385 Å². The molecule has 16 aromatic rings. The Morgan fingerprint density at radius 3 is 1.24 bits per heavy atom. The van der Waals surface area contributed by atoms with Crippen LogP contribution in [0.5, 0.6) is 5.75 Å². The minimum Gasteiger partial charge on any atom is -0.507 e. The number of nitrogens with zero attached hydrogens (tertiary/aromatic N) is 13. The van der Waals surface area contributed by atoms with Crippen molar-refractivity contribution in [2.75, 3.05) is 29.8 Å². The van der Waals surface area contributed by atoms with Gasteiger partial charge >= 0.3 is 0 Å². The Kier molecular flexibility index (Phi) is 22.9. The summed E-state index contributed by atoms with van der Waals surface area (Å²) in [7, 11) is 0. The lowest BCUT2D eigenvalue weighted by molar-refractivity contribution is -0.385. The van der Waals surface area contributed by atoms with Crippen molar-refractivity contribution in [3.63, 3.8) is 0 Å². The first-order valence-corrected chi connectivity index (χ1v) is 44.9. The van der Waals surface area contributed by atoms with Crippen LogP contribution in [0.15, 0.2) is 225 Å². The molecule has 12 heterocycles. The molecule has 131 heavy (non-hydrogen) atoms. The second-order valence-corrected chi connectivity index (χ2v) is 36.7. The lowest BCUT2D eigenvalue weighted by atomic mass is 10.1. The van der Waals surface area contributed by atoms with Crippen LogP contribution in [0, 0.1) is 54.8 Å². The van der Waals surface area contributed by atoms with Gasteiger partial charge in [-0.05, 0) is 215 Å². The van der Waals surface area contributed by atoms with E-state index in [0.29, 0.717) is 74.3 Å². The number of nitro benzene ring substituents is 2. The number of fused-ring (bicyclic) bond motifs is 11. The van der Waals surface area contributed by atoms with Gasteiger partial charge in [0.15, 0.2) is 10.3 Å². The van der Waals surface area contributed by atoms with E-state index < -0.39 is 39.5 Å². The van der Waals surface area contributed by atoms with Gasteiger partial charge in [0.25, 0.3) is 64.5 Å². The molecule has 30 nitrogen and oxygen atoms in total. The van der Waals surface area contributed by atoms with Crippen LogP contribution in [0.4, 0.5) is 42.7 Å². The number of hydrogen-bond donors (Lipinski definition) is 3. The number of anilines is 6. The second-order valence-electron chi connectivity index (χ2n) is 31.6. The smallest absolute Gasteiger partial charge is 0.283 e. The van der Waals surface area contributed by atoms with E-state index in [0.717, 1.165) is 105 Å². The average Bonchev–Trinajstić information content (AvgIpc) is 1.68. The Bertz CT molecular complexity index is 7630. The third-order valence-corrected chi connectivity index (χ3v) is 27.3. The molecule has 1 unspecified atom stereocenters. The van der Waals surface area contributed by atoms with Gasteiger partial charge in [-0.15, -0.1) is 0 Å². The quantitative estimate of drug-likeness (QED) is 0.0650. The number of nitro groups is 2. The maximum atomic E-state index is 12.6. The molecule has 7 aliphatic heterocycles. The first kappa shape index (κ1) is 86.1. The number of carbonyl (C=O) groups is 10. The molecule has 0 bridgehead atoms. The number of nitrogens with one attached hydrogen (secondary N) is 2. The number of amides is 10. The van der Waals surface area contributed by atoms with Gasteiger partial charge in [0.1, 0.15) is 17.4 Å². The molecule has 7 aliphatic rings.